The molecule has 0 aliphatic carbocycles. The summed E-state index contributed by atoms with van der Waals surface area (Å²) in [6.07, 6.45) is 1.30. The van der Waals surface area contributed by atoms with Gasteiger partial charge >= 0.3 is 11.9 Å². The van der Waals surface area contributed by atoms with Crippen LogP contribution in [0.4, 0.5) is 17.2 Å². The van der Waals surface area contributed by atoms with E-state index in [0.29, 0.717) is 28.4 Å². The van der Waals surface area contributed by atoms with Crippen LogP contribution in [0.5, 0.6) is 11.6 Å². The fourth-order valence-electron chi connectivity index (χ4n) is 2.52. The monoisotopic (exact) mass is 408 g/mol. The lowest BCUT2D eigenvalue weighted by atomic mass is 10.2. The number of carbonyl (C=O) groups is 2. The lowest BCUT2D eigenvalue weighted by molar-refractivity contribution is 0.0525. The number of hydrogen-bond acceptors (Lipinski definition) is 9. The Morgan fingerprint density at radius 3 is 2.50 bits per heavy atom. The molecule has 0 aliphatic heterocycles. The number of nitrogens with two attached hydrogens (primary N) is 1. The molecule has 9 nitrogen and oxygen atoms in total. The minimum Gasteiger partial charge on any atom is -0.465 e. The van der Waals surface area contributed by atoms with Crippen LogP contribution in [0.25, 0.3) is 0 Å². The third-order valence-electron chi connectivity index (χ3n) is 3.97. The van der Waals surface area contributed by atoms with Crippen LogP contribution >= 0.6 is 0 Å². The van der Waals surface area contributed by atoms with Gasteiger partial charge in [-0.3, -0.25) is 0 Å². The van der Waals surface area contributed by atoms with Crippen molar-refractivity contribution in [2.45, 2.75) is 6.92 Å². The van der Waals surface area contributed by atoms with E-state index in [2.05, 4.69) is 20.0 Å². The van der Waals surface area contributed by atoms with Crippen LogP contribution in [-0.4, -0.2) is 35.6 Å². The molecule has 0 saturated heterocycles. The molecule has 3 aromatic rings. The number of hydrogen-bond donors (Lipinski definition) is 2. The first-order valence-corrected chi connectivity index (χ1v) is 9.02. The molecule has 1 aromatic heterocycles. The molecule has 154 valence electrons. The number of esters is 2. The maximum absolute atomic E-state index is 11.9. The van der Waals surface area contributed by atoms with Crippen molar-refractivity contribution in [3.05, 3.63) is 66.0 Å². The highest BCUT2D eigenvalue weighted by molar-refractivity contribution is 5.91. The molecule has 0 saturated carbocycles. The quantitative estimate of drug-likeness (QED) is 0.564. The van der Waals surface area contributed by atoms with Crippen molar-refractivity contribution in [2.24, 2.45) is 0 Å². The Morgan fingerprint density at radius 1 is 1.03 bits per heavy atom. The van der Waals surface area contributed by atoms with Gasteiger partial charge in [-0.2, -0.15) is 4.98 Å². The molecule has 0 spiro atoms. The molecule has 0 bridgehead atoms. The molecule has 3 N–H and O–H groups in total. The summed E-state index contributed by atoms with van der Waals surface area (Å²) in [5, 5.41) is 3.04. The number of methoxy groups -OCH3 is 1. The third kappa shape index (κ3) is 4.82. The fraction of sp³-hybridized carbons (Fsp3) is 0.143. The Hall–Kier alpha value is -4.14. The molecule has 3 rings (SSSR count). The maximum Gasteiger partial charge on any atom is 0.338 e. The molecule has 1 heterocycles. The summed E-state index contributed by atoms with van der Waals surface area (Å²) in [5.41, 5.74) is 7.71. The van der Waals surface area contributed by atoms with Gasteiger partial charge in [0.25, 0.3) is 0 Å². The molecule has 0 unspecified atom stereocenters. The van der Waals surface area contributed by atoms with Gasteiger partial charge in [0.15, 0.2) is 5.82 Å². The van der Waals surface area contributed by atoms with E-state index in [9.17, 15) is 9.59 Å². The van der Waals surface area contributed by atoms with E-state index in [1.807, 2.05) is 0 Å². The topological polar surface area (TPSA) is 126 Å². The zero-order valence-electron chi connectivity index (χ0n) is 16.4. The number of anilines is 3. The molecule has 0 amide bonds. The van der Waals surface area contributed by atoms with Gasteiger partial charge in [0.2, 0.25) is 5.88 Å². The van der Waals surface area contributed by atoms with Crippen LogP contribution in [0.1, 0.15) is 27.6 Å². The molecule has 9 heteroatoms. The Morgan fingerprint density at radius 2 is 1.80 bits per heavy atom. The standard InChI is InChI=1S/C21H20N4O5/c1-3-29-21(27)14-5-4-6-15(11-14)25-18-17(22)19(24-12-23-18)30-16-9-7-13(8-10-16)20(26)28-2/h4-12H,3,22H2,1-2H3,(H,23,24,25). The van der Waals surface area contributed by atoms with E-state index in [-0.39, 0.29) is 18.2 Å². The van der Waals surface area contributed by atoms with E-state index in [4.69, 9.17) is 15.2 Å². The third-order valence-corrected chi connectivity index (χ3v) is 3.97. The van der Waals surface area contributed by atoms with Crippen LogP contribution in [0.2, 0.25) is 0 Å². The van der Waals surface area contributed by atoms with Crippen LogP contribution in [-0.2, 0) is 9.47 Å². The summed E-state index contributed by atoms with van der Waals surface area (Å²) in [5.74, 6) is 0.0197. The molecular formula is C21H20N4O5. The first kappa shape index (κ1) is 20.6. The van der Waals surface area contributed by atoms with Gasteiger partial charge < -0.3 is 25.3 Å². The van der Waals surface area contributed by atoms with Crippen LogP contribution < -0.4 is 15.8 Å². The zero-order valence-corrected chi connectivity index (χ0v) is 16.4. The van der Waals surface area contributed by atoms with Crippen molar-refractivity contribution in [3.63, 3.8) is 0 Å². The first-order valence-electron chi connectivity index (χ1n) is 9.02. The van der Waals surface area contributed by atoms with Gasteiger partial charge in [-0.1, -0.05) is 6.07 Å². The molecule has 30 heavy (non-hydrogen) atoms. The van der Waals surface area contributed by atoms with Crippen molar-refractivity contribution >= 4 is 29.1 Å². The fourth-order valence-corrected chi connectivity index (χ4v) is 2.52. The van der Waals surface area contributed by atoms with E-state index < -0.39 is 11.9 Å². The number of nitrogen functional groups attached to an aromatic ring is 1. The average Bonchev–Trinajstić information content (AvgIpc) is 2.77. The molecule has 0 radical (unpaired) electrons. The van der Waals surface area contributed by atoms with Crippen molar-refractivity contribution in [3.8, 4) is 11.6 Å². The molecule has 0 atom stereocenters. The summed E-state index contributed by atoms with van der Waals surface area (Å²) in [6, 6.07) is 13.1. The largest absolute Gasteiger partial charge is 0.465 e. The second kappa shape index (κ2) is 9.37. The number of nitrogens with one attached hydrogen (secondary N) is 1. The van der Waals surface area contributed by atoms with Gasteiger partial charge in [0, 0.05) is 5.69 Å². The van der Waals surface area contributed by atoms with E-state index in [1.165, 1.54) is 13.4 Å². The van der Waals surface area contributed by atoms with Gasteiger partial charge in [0.05, 0.1) is 24.8 Å². The smallest absolute Gasteiger partial charge is 0.338 e. The van der Waals surface area contributed by atoms with Gasteiger partial charge in [-0.25, -0.2) is 14.6 Å². The van der Waals surface area contributed by atoms with Crippen molar-refractivity contribution in [1.29, 1.82) is 0 Å². The Bertz CT molecular complexity index is 1050. The molecular weight excluding hydrogens is 388 g/mol. The van der Waals surface area contributed by atoms with Crippen LogP contribution in [0, 0.1) is 0 Å². The molecule has 0 aliphatic rings. The number of benzene rings is 2. The normalized spacial score (nSPS) is 10.2. The number of rotatable bonds is 7. The lowest BCUT2D eigenvalue weighted by Gasteiger charge is -2.12. The van der Waals surface area contributed by atoms with Crippen molar-refractivity contribution in [2.75, 3.05) is 24.8 Å². The summed E-state index contributed by atoms with van der Waals surface area (Å²) >= 11 is 0. The minimum absolute atomic E-state index is 0.139. The summed E-state index contributed by atoms with van der Waals surface area (Å²) in [7, 11) is 1.31. The van der Waals surface area contributed by atoms with E-state index in [1.54, 1.807) is 55.5 Å². The number of carbonyl (C=O) groups excluding carboxylic acids is 2. The van der Waals surface area contributed by atoms with Crippen LogP contribution in [0.15, 0.2) is 54.9 Å². The molecule has 2 aromatic carbocycles. The summed E-state index contributed by atoms with van der Waals surface area (Å²) < 4.78 is 15.4. The highest BCUT2D eigenvalue weighted by atomic mass is 16.5. The predicted molar refractivity (Wildman–Crippen MR) is 110 cm³/mol. The second-order valence-corrected chi connectivity index (χ2v) is 5.99. The first-order chi connectivity index (χ1) is 14.5. The second-order valence-electron chi connectivity index (χ2n) is 5.99. The van der Waals surface area contributed by atoms with E-state index in [0.717, 1.165) is 0 Å². The van der Waals surface area contributed by atoms with Gasteiger partial charge in [-0.05, 0) is 49.4 Å². The van der Waals surface area contributed by atoms with Gasteiger partial charge in [0.1, 0.15) is 17.8 Å². The summed E-state index contributed by atoms with van der Waals surface area (Å²) in [4.78, 5) is 31.6. The Labute approximate surface area is 172 Å². The average molecular weight is 408 g/mol. The maximum atomic E-state index is 11.9. The Balaban J connectivity index is 1.78. The minimum atomic E-state index is -0.445. The van der Waals surface area contributed by atoms with Crippen LogP contribution in [0.3, 0.4) is 0 Å². The number of ether oxygens (including phenoxy) is 3. The lowest BCUT2D eigenvalue weighted by Crippen LogP contribution is -2.06. The number of aromatic nitrogens is 2. The van der Waals surface area contributed by atoms with Gasteiger partial charge in [-0.15, -0.1) is 0 Å². The Kier molecular flexibility index (Phi) is 6.43. The zero-order chi connectivity index (χ0) is 21.5. The molecule has 0 fully saturated rings. The van der Waals surface area contributed by atoms with E-state index >= 15 is 0 Å². The predicted octanol–water partition coefficient (Wildman–Crippen LogP) is 3.56. The summed E-state index contributed by atoms with van der Waals surface area (Å²) in [6.45, 7) is 2.03. The highest BCUT2D eigenvalue weighted by Crippen LogP contribution is 2.31. The van der Waals surface area contributed by atoms with Crippen molar-refractivity contribution in [1.82, 2.24) is 9.97 Å². The van der Waals surface area contributed by atoms with Crippen molar-refractivity contribution < 1.29 is 23.8 Å². The highest BCUT2D eigenvalue weighted by Gasteiger charge is 2.13. The SMILES string of the molecule is CCOC(=O)c1cccc(Nc2ncnc(Oc3ccc(C(=O)OC)cc3)c2N)c1. The number of nitrogens with zero attached hydrogens (tertiary/aromatic N) is 2.